The van der Waals surface area contributed by atoms with Gasteiger partial charge in [-0.15, -0.1) is 0 Å². The van der Waals surface area contributed by atoms with Crippen molar-refractivity contribution in [2.45, 2.75) is 54.6 Å². The Labute approximate surface area is 198 Å². The molecule has 3 aromatic rings. The van der Waals surface area contributed by atoms with Crippen molar-refractivity contribution >= 4 is 28.7 Å². The van der Waals surface area contributed by atoms with E-state index >= 15 is 0 Å². The van der Waals surface area contributed by atoms with Gasteiger partial charge < -0.3 is 20.1 Å². The van der Waals surface area contributed by atoms with Gasteiger partial charge in [0.2, 0.25) is 0 Å². The molecule has 7 heteroatoms. The van der Waals surface area contributed by atoms with Gasteiger partial charge in [-0.3, -0.25) is 0 Å². The summed E-state index contributed by atoms with van der Waals surface area (Å²) in [5.41, 5.74) is 3.82. The molecular formula is C26H31FN4OS. The number of fused-ring (bicyclic) bond motifs is 2. The quantitative estimate of drug-likeness (QED) is 0.542. The zero-order chi connectivity index (χ0) is 23.1. The van der Waals surface area contributed by atoms with Crippen molar-refractivity contribution in [1.82, 2.24) is 20.1 Å². The lowest BCUT2D eigenvalue weighted by Crippen LogP contribution is -2.56. The fourth-order valence-corrected chi connectivity index (χ4v) is 6.64. The minimum absolute atomic E-state index is 0.0296. The van der Waals surface area contributed by atoms with Gasteiger partial charge in [0.1, 0.15) is 5.82 Å². The Hall–Kier alpha value is -2.51. The number of rotatable bonds is 5. The number of urea groups is 1. The van der Waals surface area contributed by atoms with Gasteiger partial charge in [-0.2, -0.15) is 0 Å². The molecule has 0 bridgehead atoms. The van der Waals surface area contributed by atoms with E-state index in [9.17, 15) is 9.18 Å². The number of aromatic nitrogens is 1. The molecule has 0 unspecified atom stereocenters. The van der Waals surface area contributed by atoms with Gasteiger partial charge in [-0.1, -0.05) is 30.0 Å². The monoisotopic (exact) mass is 466 g/mol. The zero-order valence-corrected chi connectivity index (χ0v) is 20.2. The molecule has 1 fully saturated rings. The number of benzene rings is 2. The fraction of sp³-hybridized carbons (Fsp3) is 0.423. The molecule has 33 heavy (non-hydrogen) atoms. The Morgan fingerprint density at radius 3 is 2.79 bits per heavy atom. The molecule has 0 spiro atoms. The van der Waals surface area contributed by atoms with E-state index in [1.165, 1.54) is 22.6 Å². The van der Waals surface area contributed by atoms with E-state index in [0.717, 1.165) is 34.8 Å². The lowest BCUT2D eigenvalue weighted by molar-refractivity contribution is 0.123. The first-order chi connectivity index (χ1) is 16.0. The summed E-state index contributed by atoms with van der Waals surface area (Å²) < 4.78 is 13.8. The number of amides is 2. The number of carbonyl (C=O) groups excluding carboxylic acids is 1. The molecule has 2 heterocycles. The number of nitrogens with one attached hydrogen (secondary N) is 2. The molecule has 2 N–H and O–H groups in total. The van der Waals surface area contributed by atoms with Crippen molar-refractivity contribution in [3.05, 3.63) is 59.4 Å². The van der Waals surface area contributed by atoms with Crippen LogP contribution in [-0.4, -0.2) is 59.6 Å². The first kappa shape index (κ1) is 22.3. The van der Waals surface area contributed by atoms with Crippen LogP contribution in [0.15, 0.2) is 52.4 Å². The molecule has 5 rings (SSSR count). The second-order valence-corrected chi connectivity index (χ2v) is 10.2. The molecule has 174 valence electrons. The van der Waals surface area contributed by atoms with Crippen molar-refractivity contribution in [3.8, 4) is 0 Å². The molecule has 5 nitrogen and oxygen atoms in total. The number of likely N-dealkylation sites (tertiary alicyclic amines) is 1. The van der Waals surface area contributed by atoms with Crippen LogP contribution < -0.4 is 5.32 Å². The minimum Gasteiger partial charge on any atom is -0.349 e. The predicted molar refractivity (Wildman–Crippen MR) is 132 cm³/mol. The van der Waals surface area contributed by atoms with Crippen LogP contribution in [0, 0.1) is 5.82 Å². The molecule has 2 aliphatic rings. The Bertz CT molecular complexity index is 1170. The number of aromatic amines is 1. The smallest absolute Gasteiger partial charge is 0.317 e. The largest absolute Gasteiger partial charge is 0.349 e. The van der Waals surface area contributed by atoms with Gasteiger partial charge >= 0.3 is 6.03 Å². The van der Waals surface area contributed by atoms with Crippen LogP contribution in [0.3, 0.4) is 0 Å². The molecular weight excluding hydrogens is 435 g/mol. The van der Waals surface area contributed by atoms with E-state index in [4.69, 9.17) is 0 Å². The lowest BCUT2D eigenvalue weighted by atomic mass is 9.74. The number of likely N-dealkylation sites (N-methyl/N-ethyl adjacent to an activating group) is 1. The lowest BCUT2D eigenvalue weighted by Gasteiger charge is -2.46. The number of nitrogens with zero attached hydrogens (tertiary/aromatic N) is 2. The van der Waals surface area contributed by atoms with E-state index in [1.54, 1.807) is 23.9 Å². The van der Waals surface area contributed by atoms with Gasteiger partial charge in [0.25, 0.3) is 0 Å². The zero-order valence-electron chi connectivity index (χ0n) is 19.4. The molecule has 2 amide bonds. The first-order valence-corrected chi connectivity index (χ1v) is 12.6. The number of carbonyl (C=O) groups is 1. The molecule has 1 saturated heterocycles. The van der Waals surface area contributed by atoms with Crippen LogP contribution in [0.1, 0.15) is 37.3 Å². The second kappa shape index (κ2) is 9.03. The maximum Gasteiger partial charge on any atom is 0.317 e. The summed E-state index contributed by atoms with van der Waals surface area (Å²) in [5, 5.41) is 5.69. The van der Waals surface area contributed by atoms with Gasteiger partial charge in [-0.05, 0) is 69.1 Å². The molecule has 1 aliphatic carbocycles. The van der Waals surface area contributed by atoms with Gasteiger partial charge in [0, 0.05) is 53.4 Å². The van der Waals surface area contributed by atoms with Crippen molar-refractivity contribution < 1.29 is 9.18 Å². The summed E-state index contributed by atoms with van der Waals surface area (Å²) in [7, 11) is 2.17. The number of H-pyrrole nitrogens is 1. The summed E-state index contributed by atoms with van der Waals surface area (Å²) in [4.78, 5) is 21.5. The SMILES string of the molecule is CCN(CC)C(=O)N[C@H]1C[C@@H]2c3cccc4[nH]c(Sc5cccc(F)c5)c(c34)C[C@H]2N(C)C1. The second-order valence-electron chi connectivity index (χ2n) is 9.13. The molecule has 1 aliphatic heterocycles. The van der Waals surface area contributed by atoms with Crippen molar-refractivity contribution in [2.75, 3.05) is 26.7 Å². The Morgan fingerprint density at radius 1 is 1.24 bits per heavy atom. The van der Waals surface area contributed by atoms with Crippen LogP contribution in [0.5, 0.6) is 0 Å². The molecule has 3 atom stereocenters. The van der Waals surface area contributed by atoms with Crippen molar-refractivity contribution in [3.63, 3.8) is 0 Å². The molecule has 0 radical (unpaired) electrons. The van der Waals surface area contributed by atoms with E-state index in [-0.39, 0.29) is 17.9 Å². The minimum atomic E-state index is -0.213. The molecule has 1 aromatic heterocycles. The van der Waals surface area contributed by atoms with E-state index in [2.05, 4.69) is 40.4 Å². The van der Waals surface area contributed by atoms with Crippen molar-refractivity contribution in [1.29, 1.82) is 0 Å². The van der Waals surface area contributed by atoms with Crippen LogP contribution >= 0.6 is 11.8 Å². The third-order valence-electron chi connectivity index (χ3n) is 7.21. The maximum atomic E-state index is 13.8. The summed E-state index contributed by atoms with van der Waals surface area (Å²) in [6.45, 7) is 6.31. The average Bonchev–Trinajstić information content (AvgIpc) is 3.13. The predicted octanol–water partition coefficient (Wildman–Crippen LogP) is 5.22. The third-order valence-corrected chi connectivity index (χ3v) is 8.25. The maximum absolute atomic E-state index is 13.8. The van der Waals surface area contributed by atoms with E-state index < -0.39 is 0 Å². The highest BCUT2D eigenvalue weighted by Gasteiger charge is 2.41. The molecule has 2 aromatic carbocycles. The van der Waals surface area contributed by atoms with Gasteiger partial charge in [0.15, 0.2) is 0 Å². The van der Waals surface area contributed by atoms with Crippen LogP contribution in [0.25, 0.3) is 10.9 Å². The third kappa shape index (κ3) is 4.13. The van der Waals surface area contributed by atoms with Gasteiger partial charge in [-0.25, -0.2) is 9.18 Å². The first-order valence-electron chi connectivity index (χ1n) is 11.8. The Morgan fingerprint density at radius 2 is 2.03 bits per heavy atom. The number of halogens is 1. The topological polar surface area (TPSA) is 51.4 Å². The highest BCUT2D eigenvalue weighted by atomic mass is 32.2. The summed E-state index contributed by atoms with van der Waals surface area (Å²) in [5.74, 6) is 0.153. The fourth-order valence-electron chi connectivity index (χ4n) is 5.61. The standard InChI is InChI=1S/C26H31FN4OS/c1-4-31(5-2)26(32)28-17-13-20-19-10-7-11-22-24(19)21(14-23(20)30(3)15-17)25(29-22)33-18-9-6-8-16(27)12-18/h6-12,17,20,23,29H,4-5,13-15H2,1-3H3,(H,28,32)/t17-,20+,23+/m0/s1. The summed E-state index contributed by atoms with van der Waals surface area (Å²) >= 11 is 1.60. The van der Waals surface area contributed by atoms with Crippen LogP contribution in [0.4, 0.5) is 9.18 Å². The number of piperidine rings is 1. The Balaban J connectivity index is 1.46. The highest BCUT2D eigenvalue weighted by molar-refractivity contribution is 7.99. The Kier molecular flexibility index (Phi) is 6.10. The summed E-state index contributed by atoms with van der Waals surface area (Å²) in [6, 6.07) is 13.8. The van der Waals surface area contributed by atoms with Gasteiger partial charge in [0.05, 0.1) is 5.03 Å². The number of hydrogen-bond acceptors (Lipinski definition) is 3. The van der Waals surface area contributed by atoms with Crippen molar-refractivity contribution in [2.24, 2.45) is 0 Å². The normalized spacial score (nSPS) is 22.2. The van der Waals surface area contributed by atoms with E-state index in [1.807, 2.05) is 24.8 Å². The van der Waals surface area contributed by atoms with Crippen LogP contribution in [0.2, 0.25) is 0 Å². The van der Waals surface area contributed by atoms with E-state index in [0.29, 0.717) is 25.0 Å². The average molecular weight is 467 g/mol. The van der Waals surface area contributed by atoms with Crippen LogP contribution in [-0.2, 0) is 6.42 Å². The molecule has 0 saturated carbocycles. The number of hydrogen-bond donors (Lipinski definition) is 2. The summed E-state index contributed by atoms with van der Waals surface area (Å²) in [6.07, 6.45) is 1.89. The highest BCUT2D eigenvalue weighted by Crippen LogP contribution is 2.46.